The molecule has 0 heterocycles. The van der Waals surface area contributed by atoms with E-state index in [1.165, 1.54) is 31.3 Å². The molecule has 2 aliphatic carbocycles. The van der Waals surface area contributed by atoms with Gasteiger partial charge in [0.05, 0.1) is 0 Å². The molecule has 0 aliphatic heterocycles. The molecule has 4 atom stereocenters. The summed E-state index contributed by atoms with van der Waals surface area (Å²) in [6, 6.07) is 0. The number of allylic oxidation sites excluding steroid dienone is 2. The van der Waals surface area contributed by atoms with Gasteiger partial charge in [-0.05, 0) is 67.8 Å². The summed E-state index contributed by atoms with van der Waals surface area (Å²) >= 11 is 0. The summed E-state index contributed by atoms with van der Waals surface area (Å²) in [6.45, 7) is 14.7. The topological polar surface area (TPSA) is 17.1 Å². The van der Waals surface area contributed by atoms with Gasteiger partial charge in [0.1, 0.15) is 0 Å². The van der Waals surface area contributed by atoms with E-state index in [0.29, 0.717) is 23.2 Å². The molecule has 0 aromatic carbocycles. The first-order valence-electron chi connectivity index (χ1n) is 7.22. The quantitative estimate of drug-likeness (QED) is 0.516. The van der Waals surface area contributed by atoms with E-state index in [1.54, 1.807) is 6.92 Å². The predicted octanol–water partition coefficient (Wildman–Crippen LogP) is 4.54. The van der Waals surface area contributed by atoms with Gasteiger partial charge in [0, 0.05) is 0 Å². The van der Waals surface area contributed by atoms with Crippen molar-refractivity contribution in [2.24, 2.45) is 23.2 Å². The summed E-state index contributed by atoms with van der Waals surface area (Å²) in [6.07, 6.45) is 6.09. The molecule has 0 unspecified atom stereocenters. The first-order valence-corrected chi connectivity index (χ1v) is 7.22. The van der Waals surface area contributed by atoms with Crippen molar-refractivity contribution < 1.29 is 4.79 Å². The van der Waals surface area contributed by atoms with E-state index in [1.807, 2.05) is 0 Å². The van der Waals surface area contributed by atoms with Crippen LogP contribution in [0, 0.1) is 23.2 Å². The summed E-state index contributed by atoms with van der Waals surface area (Å²) in [5.74, 6) is 1.71. The van der Waals surface area contributed by atoms with Crippen molar-refractivity contribution >= 4 is 5.78 Å². The van der Waals surface area contributed by atoms with Crippen molar-refractivity contribution in [3.8, 4) is 0 Å². The lowest BCUT2D eigenvalue weighted by molar-refractivity contribution is -0.114. The number of hydrogen-bond donors (Lipinski definition) is 0. The first-order chi connectivity index (χ1) is 8.35. The van der Waals surface area contributed by atoms with Crippen molar-refractivity contribution in [1.82, 2.24) is 0 Å². The van der Waals surface area contributed by atoms with Gasteiger partial charge in [0.25, 0.3) is 0 Å². The van der Waals surface area contributed by atoms with Gasteiger partial charge >= 0.3 is 0 Å². The lowest BCUT2D eigenvalue weighted by Gasteiger charge is -2.51. The molecular formula is C17H26O. The second-order valence-electron chi connectivity index (χ2n) is 6.82. The largest absolute Gasteiger partial charge is 0.295 e. The zero-order valence-electron chi connectivity index (χ0n) is 12.1. The SMILES string of the molecule is C=C(C(C)=O)[C@H]1C[C@H]2C(=C)CCC[C@]2(C)C[C@H]1C. The molecule has 0 spiro atoms. The fourth-order valence-electron chi connectivity index (χ4n) is 4.37. The van der Waals surface area contributed by atoms with Gasteiger partial charge in [-0.25, -0.2) is 0 Å². The van der Waals surface area contributed by atoms with Crippen molar-refractivity contribution in [2.45, 2.75) is 52.9 Å². The summed E-state index contributed by atoms with van der Waals surface area (Å²) in [7, 11) is 0. The third-order valence-electron chi connectivity index (χ3n) is 5.44. The lowest BCUT2D eigenvalue weighted by atomic mass is 9.53. The Labute approximate surface area is 111 Å². The summed E-state index contributed by atoms with van der Waals surface area (Å²) < 4.78 is 0. The Morgan fingerprint density at radius 1 is 1.44 bits per heavy atom. The van der Waals surface area contributed by atoms with Gasteiger partial charge in [-0.3, -0.25) is 4.79 Å². The Bertz CT molecular complexity index is 392. The van der Waals surface area contributed by atoms with Crippen molar-refractivity contribution in [3.63, 3.8) is 0 Å². The minimum atomic E-state index is 0.164. The van der Waals surface area contributed by atoms with E-state index in [2.05, 4.69) is 27.0 Å². The Morgan fingerprint density at radius 2 is 2.11 bits per heavy atom. The molecule has 0 bridgehead atoms. The Morgan fingerprint density at radius 3 is 2.72 bits per heavy atom. The second-order valence-corrected chi connectivity index (χ2v) is 6.82. The molecule has 0 aromatic rings. The number of carbonyl (C=O) groups excluding carboxylic acids is 1. The molecule has 100 valence electrons. The predicted molar refractivity (Wildman–Crippen MR) is 76.3 cm³/mol. The first kappa shape index (κ1) is 13.6. The van der Waals surface area contributed by atoms with E-state index in [0.717, 1.165) is 12.0 Å². The third-order valence-corrected chi connectivity index (χ3v) is 5.44. The van der Waals surface area contributed by atoms with Crippen LogP contribution in [0.25, 0.3) is 0 Å². The Kier molecular flexibility index (Phi) is 3.53. The summed E-state index contributed by atoms with van der Waals surface area (Å²) in [5, 5.41) is 0. The van der Waals surface area contributed by atoms with E-state index < -0.39 is 0 Å². The average molecular weight is 246 g/mol. The highest BCUT2D eigenvalue weighted by molar-refractivity contribution is 5.93. The molecule has 1 heteroatoms. The van der Waals surface area contributed by atoms with Crippen molar-refractivity contribution in [1.29, 1.82) is 0 Å². The van der Waals surface area contributed by atoms with Crippen LogP contribution in [-0.2, 0) is 4.79 Å². The molecule has 0 radical (unpaired) electrons. The van der Waals surface area contributed by atoms with Gasteiger partial charge in [-0.15, -0.1) is 0 Å². The minimum absolute atomic E-state index is 0.164. The van der Waals surface area contributed by atoms with Crippen LogP contribution in [0.3, 0.4) is 0 Å². The molecule has 2 rings (SSSR count). The molecule has 0 amide bonds. The zero-order valence-corrected chi connectivity index (χ0v) is 12.1. The smallest absolute Gasteiger partial charge is 0.155 e. The number of carbonyl (C=O) groups is 1. The maximum absolute atomic E-state index is 11.6. The van der Waals surface area contributed by atoms with Gasteiger partial charge in [0.2, 0.25) is 0 Å². The minimum Gasteiger partial charge on any atom is -0.295 e. The number of hydrogen-bond acceptors (Lipinski definition) is 1. The molecule has 1 nitrogen and oxygen atoms in total. The summed E-state index contributed by atoms with van der Waals surface area (Å²) in [5.41, 5.74) is 2.67. The number of rotatable bonds is 2. The van der Waals surface area contributed by atoms with E-state index in [-0.39, 0.29) is 5.78 Å². The highest BCUT2D eigenvalue weighted by atomic mass is 16.1. The van der Waals surface area contributed by atoms with Crippen LogP contribution < -0.4 is 0 Å². The highest BCUT2D eigenvalue weighted by Crippen LogP contribution is 2.56. The highest BCUT2D eigenvalue weighted by Gasteiger charge is 2.46. The number of fused-ring (bicyclic) bond motifs is 1. The summed E-state index contributed by atoms with van der Waals surface area (Å²) in [4.78, 5) is 11.6. The number of Topliss-reactive ketones (excluding diaryl/α,β-unsaturated/α-hetero) is 1. The molecule has 0 saturated heterocycles. The van der Waals surface area contributed by atoms with Crippen LogP contribution in [0.2, 0.25) is 0 Å². The van der Waals surface area contributed by atoms with Crippen LogP contribution in [-0.4, -0.2) is 5.78 Å². The maximum Gasteiger partial charge on any atom is 0.155 e. The molecule has 0 aromatic heterocycles. The second kappa shape index (κ2) is 4.68. The van der Waals surface area contributed by atoms with Gasteiger partial charge in [-0.2, -0.15) is 0 Å². The molecule has 0 N–H and O–H groups in total. The standard InChI is InChI=1S/C17H26O/c1-11-7-6-8-17(5)10-12(2)15(9-16(11)17)13(3)14(4)18/h12,15-16H,1,3,6-10H2,2,4-5H3/t12-,15+,16+,17-/m1/s1. The van der Waals surface area contributed by atoms with Crippen LogP contribution in [0.4, 0.5) is 0 Å². The van der Waals surface area contributed by atoms with Crippen LogP contribution in [0.15, 0.2) is 24.3 Å². The van der Waals surface area contributed by atoms with Gasteiger partial charge in [-0.1, -0.05) is 32.6 Å². The van der Waals surface area contributed by atoms with Crippen LogP contribution >= 0.6 is 0 Å². The van der Waals surface area contributed by atoms with Crippen molar-refractivity contribution in [3.05, 3.63) is 24.3 Å². The van der Waals surface area contributed by atoms with Crippen molar-refractivity contribution in [2.75, 3.05) is 0 Å². The third kappa shape index (κ3) is 2.20. The fraction of sp³-hybridized carbons (Fsp3) is 0.706. The lowest BCUT2D eigenvalue weighted by Crippen LogP contribution is -2.42. The molecule has 2 aliphatic rings. The Balaban J connectivity index is 2.23. The molecule has 2 fully saturated rings. The van der Waals surface area contributed by atoms with E-state index in [4.69, 9.17) is 0 Å². The fourth-order valence-corrected chi connectivity index (χ4v) is 4.37. The van der Waals surface area contributed by atoms with E-state index in [9.17, 15) is 4.79 Å². The van der Waals surface area contributed by atoms with Crippen LogP contribution in [0.1, 0.15) is 52.9 Å². The zero-order chi connectivity index (χ0) is 13.5. The maximum atomic E-state index is 11.6. The number of ketones is 1. The molecule has 2 saturated carbocycles. The normalized spacial score (nSPS) is 40.2. The molecular weight excluding hydrogens is 220 g/mol. The van der Waals surface area contributed by atoms with Gasteiger partial charge in [0.15, 0.2) is 5.78 Å². The van der Waals surface area contributed by atoms with Crippen LogP contribution in [0.5, 0.6) is 0 Å². The monoisotopic (exact) mass is 246 g/mol. The average Bonchev–Trinajstić information content (AvgIpc) is 2.26. The Hall–Kier alpha value is -0.850. The van der Waals surface area contributed by atoms with E-state index >= 15 is 0 Å². The van der Waals surface area contributed by atoms with Gasteiger partial charge < -0.3 is 0 Å². The molecule has 18 heavy (non-hydrogen) atoms.